The molecule has 0 amide bonds. The van der Waals surface area contributed by atoms with Crippen LogP contribution in [0.3, 0.4) is 0 Å². The Morgan fingerprint density at radius 3 is 1.16 bits per heavy atom. The SMILES string of the molecule is CC(=O)O.CCCC(O)O.CCCC(O)O.CCCCOCCCC. The molecule has 0 radical (unpaired) electrons. The largest absolute Gasteiger partial charge is 0.481 e. The van der Waals surface area contributed by atoms with E-state index in [1.807, 2.05) is 13.8 Å². The fourth-order valence-electron chi connectivity index (χ4n) is 1.11. The molecule has 25 heavy (non-hydrogen) atoms. The third kappa shape index (κ3) is 82.9. The number of carboxylic acid groups (broad SMARTS) is 1. The van der Waals surface area contributed by atoms with Gasteiger partial charge in [0.15, 0.2) is 12.6 Å². The third-order valence-electron chi connectivity index (χ3n) is 2.38. The Balaban J connectivity index is -0.000000123. The standard InChI is InChI=1S/C8H18O.2C4H10O2.C2H4O2/c1-3-5-7-9-8-6-4-2;2*1-2-3-4(5)6;1-2(3)4/h3-8H2,1-2H3;2*4-6H,2-3H2,1H3;1H3,(H,3,4). The highest BCUT2D eigenvalue weighted by molar-refractivity contribution is 5.62. The van der Waals surface area contributed by atoms with E-state index in [1.165, 1.54) is 25.7 Å². The molecule has 0 aliphatic carbocycles. The van der Waals surface area contributed by atoms with Crippen molar-refractivity contribution in [1.29, 1.82) is 0 Å². The molecule has 7 nitrogen and oxygen atoms in total. The van der Waals surface area contributed by atoms with Gasteiger partial charge in [-0.1, -0.05) is 53.4 Å². The summed E-state index contributed by atoms with van der Waals surface area (Å²) in [4.78, 5) is 9.00. The summed E-state index contributed by atoms with van der Waals surface area (Å²) in [5, 5.41) is 39.8. The Kier molecular flexibility index (Phi) is 39.8. The van der Waals surface area contributed by atoms with Gasteiger partial charge in [0.1, 0.15) is 0 Å². The molecule has 0 spiro atoms. The quantitative estimate of drug-likeness (QED) is 0.295. The van der Waals surface area contributed by atoms with E-state index >= 15 is 0 Å². The van der Waals surface area contributed by atoms with Crippen molar-refractivity contribution in [3.05, 3.63) is 0 Å². The van der Waals surface area contributed by atoms with Crippen molar-refractivity contribution < 1.29 is 35.1 Å². The fraction of sp³-hybridized carbons (Fsp3) is 0.944. The van der Waals surface area contributed by atoms with Gasteiger partial charge in [0.05, 0.1) is 0 Å². The van der Waals surface area contributed by atoms with E-state index in [4.69, 9.17) is 35.1 Å². The molecule has 0 saturated heterocycles. The number of hydrogen-bond donors (Lipinski definition) is 5. The Bertz CT molecular complexity index is 201. The summed E-state index contributed by atoms with van der Waals surface area (Å²) in [6, 6.07) is 0. The number of unbranched alkanes of at least 4 members (excludes halogenated alkanes) is 2. The highest BCUT2D eigenvalue weighted by Gasteiger charge is 1.89. The Hall–Kier alpha value is -0.730. The molecule has 0 atom stereocenters. The van der Waals surface area contributed by atoms with Crippen LogP contribution in [0.2, 0.25) is 0 Å². The zero-order valence-electron chi connectivity index (χ0n) is 16.8. The number of ether oxygens (including phenoxy) is 1. The molecule has 0 aromatic heterocycles. The molecule has 0 rings (SSSR count). The summed E-state index contributed by atoms with van der Waals surface area (Å²) in [5.41, 5.74) is 0. The van der Waals surface area contributed by atoms with Gasteiger partial charge in [-0.3, -0.25) is 4.79 Å². The fourth-order valence-corrected chi connectivity index (χ4v) is 1.11. The van der Waals surface area contributed by atoms with E-state index in [1.54, 1.807) is 0 Å². The Labute approximate surface area is 153 Å². The van der Waals surface area contributed by atoms with Crippen LogP contribution >= 0.6 is 0 Å². The predicted molar refractivity (Wildman–Crippen MR) is 100 cm³/mol. The molecule has 0 saturated carbocycles. The van der Waals surface area contributed by atoms with Crippen LogP contribution in [0.15, 0.2) is 0 Å². The van der Waals surface area contributed by atoms with Gasteiger partial charge in [-0.25, -0.2) is 0 Å². The Morgan fingerprint density at radius 1 is 0.760 bits per heavy atom. The smallest absolute Gasteiger partial charge is 0.300 e. The monoisotopic (exact) mass is 370 g/mol. The summed E-state index contributed by atoms with van der Waals surface area (Å²) in [7, 11) is 0. The van der Waals surface area contributed by atoms with Crippen LogP contribution in [0.1, 0.15) is 86.0 Å². The van der Waals surface area contributed by atoms with Gasteiger partial charge in [0.25, 0.3) is 5.97 Å². The molecule has 156 valence electrons. The van der Waals surface area contributed by atoms with E-state index in [2.05, 4.69) is 13.8 Å². The zero-order valence-corrected chi connectivity index (χ0v) is 16.8. The summed E-state index contributed by atoms with van der Waals surface area (Å²) in [5.74, 6) is -0.833. The van der Waals surface area contributed by atoms with Crippen molar-refractivity contribution in [2.45, 2.75) is 98.6 Å². The summed E-state index contributed by atoms with van der Waals surface area (Å²) in [6.07, 6.45) is 5.34. The van der Waals surface area contributed by atoms with Gasteiger partial charge < -0.3 is 30.3 Å². The lowest BCUT2D eigenvalue weighted by atomic mass is 10.3. The first-order valence-corrected chi connectivity index (χ1v) is 9.18. The minimum Gasteiger partial charge on any atom is -0.481 e. The van der Waals surface area contributed by atoms with Crippen molar-refractivity contribution in [3.8, 4) is 0 Å². The van der Waals surface area contributed by atoms with Crippen LogP contribution in [-0.2, 0) is 9.53 Å². The maximum Gasteiger partial charge on any atom is 0.300 e. The molecule has 0 aliphatic heterocycles. The van der Waals surface area contributed by atoms with E-state index in [-0.39, 0.29) is 0 Å². The molecule has 0 aromatic rings. The van der Waals surface area contributed by atoms with Crippen LogP contribution in [0, 0.1) is 0 Å². The molecule has 0 aromatic carbocycles. The summed E-state index contributed by atoms with van der Waals surface area (Å²) >= 11 is 0. The topological polar surface area (TPSA) is 127 Å². The normalized spacial score (nSPS) is 9.40. The highest BCUT2D eigenvalue weighted by Crippen LogP contribution is 1.91. The van der Waals surface area contributed by atoms with Crippen molar-refractivity contribution in [1.82, 2.24) is 0 Å². The second kappa shape index (κ2) is 31.1. The molecule has 5 N–H and O–H groups in total. The van der Waals surface area contributed by atoms with Crippen molar-refractivity contribution in [3.63, 3.8) is 0 Å². The van der Waals surface area contributed by atoms with Crippen molar-refractivity contribution in [2.24, 2.45) is 0 Å². The van der Waals surface area contributed by atoms with Crippen LogP contribution < -0.4 is 0 Å². The average molecular weight is 371 g/mol. The molecule has 0 fully saturated rings. The predicted octanol–water partition coefficient (Wildman–Crippen LogP) is 2.89. The number of carbonyl (C=O) groups is 1. The van der Waals surface area contributed by atoms with Crippen molar-refractivity contribution >= 4 is 5.97 Å². The lowest BCUT2D eigenvalue weighted by Gasteiger charge is -1.99. The number of aliphatic hydroxyl groups is 4. The number of aliphatic carboxylic acids is 1. The number of rotatable bonds is 10. The van der Waals surface area contributed by atoms with Gasteiger partial charge >= 0.3 is 0 Å². The molecule has 0 unspecified atom stereocenters. The zero-order chi connectivity index (χ0) is 20.5. The first kappa shape index (κ1) is 32.0. The van der Waals surface area contributed by atoms with E-state index < -0.39 is 18.5 Å². The van der Waals surface area contributed by atoms with E-state index in [9.17, 15) is 0 Å². The summed E-state index contributed by atoms with van der Waals surface area (Å²) < 4.78 is 5.31. The van der Waals surface area contributed by atoms with Crippen LogP contribution in [0.5, 0.6) is 0 Å². The second-order valence-electron chi connectivity index (χ2n) is 5.38. The van der Waals surface area contributed by atoms with Crippen LogP contribution in [0.4, 0.5) is 0 Å². The van der Waals surface area contributed by atoms with Gasteiger partial charge in [-0.05, 0) is 25.7 Å². The maximum atomic E-state index is 9.00. The number of aliphatic hydroxyl groups excluding tert-OH is 2. The van der Waals surface area contributed by atoms with E-state index in [0.717, 1.165) is 33.0 Å². The highest BCUT2D eigenvalue weighted by atomic mass is 16.5. The first-order valence-electron chi connectivity index (χ1n) is 9.18. The molecule has 7 heteroatoms. The lowest BCUT2D eigenvalue weighted by Crippen LogP contribution is -2.01. The molecule has 0 bridgehead atoms. The number of hydrogen-bond acceptors (Lipinski definition) is 6. The third-order valence-corrected chi connectivity index (χ3v) is 2.38. The van der Waals surface area contributed by atoms with Gasteiger partial charge in [0, 0.05) is 20.1 Å². The van der Waals surface area contributed by atoms with Gasteiger partial charge in [-0.2, -0.15) is 0 Å². The minimum absolute atomic E-state index is 0.486. The van der Waals surface area contributed by atoms with Gasteiger partial charge in [-0.15, -0.1) is 0 Å². The van der Waals surface area contributed by atoms with Crippen LogP contribution in [-0.4, -0.2) is 57.3 Å². The summed E-state index contributed by atoms with van der Waals surface area (Å²) in [6.45, 7) is 11.2. The molecular weight excluding hydrogens is 328 g/mol. The minimum atomic E-state index is -1.10. The second-order valence-corrected chi connectivity index (χ2v) is 5.38. The average Bonchev–Trinajstić information content (AvgIpc) is 2.47. The lowest BCUT2D eigenvalue weighted by molar-refractivity contribution is -0.134. The molecular formula is C18H42O7. The van der Waals surface area contributed by atoms with E-state index in [0.29, 0.717) is 12.8 Å². The van der Waals surface area contributed by atoms with Gasteiger partial charge in [0.2, 0.25) is 0 Å². The number of carboxylic acids is 1. The molecule has 0 aliphatic rings. The Morgan fingerprint density at radius 2 is 1.04 bits per heavy atom. The van der Waals surface area contributed by atoms with Crippen LogP contribution in [0.25, 0.3) is 0 Å². The maximum absolute atomic E-state index is 9.00. The molecule has 0 heterocycles. The van der Waals surface area contributed by atoms with Crippen molar-refractivity contribution in [2.75, 3.05) is 13.2 Å². The first-order chi connectivity index (χ1) is 11.7.